The maximum Gasteiger partial charge on any atom is 0.416 e. The lowest BCUT2D eigenvalue weighted by Gasteiger charge is -2.43. The Hall–Kier alpha value is -2.57. The van der Waals surface area contributed by atoms with E-state index in [1.807, 2.05) is 0 Å². The molecule has 2 aromatic carbocycles. The van der Waals surface area contributed by atoms with Crippen LogP contribution < -0.4 is 10.1 Å². The van der Waals surface area contributed by atoms with E-state index < -0.39 is 17.3 Å². The molecule has 138 valence electrons. The average Bonchev–Trinajstić information content (AvgIpc) is 2.57. The number of hydrogen-bond acceptors (Lipinski definition) is 2. The number of ether oxygens (including phenoxy) is 1. The predicted molar refractivity (Wildman–Crippen MR) is 87.0 cm³/mol. The lowest BCUT2D eigenvalue weighted by molar-refractivity contribution is -0.137. The Balaban J connectivity index is 1.59. The van der Waals surface area contributed by atoms with Gasteiger partial charge in [0.15, 0.2) is 6.61 Å². The van der Waals surface area contributed by atoms with Gasteiger partial charge in [-0.05, 0) is 61.2 Å². The number of halogens is 4. The molecule has 1 amide bonds. The Labute approximate surface area is 148 Å². The van der Waals surface area contributed by atoms with E-state index in [2.05, 4.69) is 5.32 Å². The zero-order chi connectivity index (χ0) is 18.8. The number of amides is 1. The topological polar surface area (TPSA) is 38.3 Å². The van der Waals surface area contributed by atoms with Crippen LogP contribution in [-0.2, 0) is 16.5 Å². The molecule has 0 aliphatic heterocycles. The summed E-state index contributed by atoms with van der Waals surface area (Å²) in [6, 6.07) is 10.1. The Kier molecular flexibility index (Phi) is 4.89. The van der Waals surface area contributed by atoms with Crippen molar-refractivity contribution in [2.24, 2.45) is 0 Å². The highest BCUT2D eigenvalue weighted by molar-refractivity contribution is 5.78. The van der Waals surface area contributed by atoms with E-state index in [-0.39, 0.29) is 24.1 Å². The first-order valence-corrected chi connectivity index (χ1v) is 8.16. The van der Waals surface area contributed by atoms with Crippen molar-refractivity contribution in [3.05, 3.63) is 65.5 Å². The Morgan fingerprint density at radius 2 is 1.65 bits per heavy atom. The van der Waals surface area contributed by atoms with Gasteiger partial charge in [0.2, 0.25) is 0 Å². The van der Waals surface area contributed by atoms with Gasteiger partial charge in [-0.15, -0.1) is 0 Å². The van der Waals surface area contributed by atoms with Crippen molar-refractivity contribution in [1.29, 1.82) is 0 Å². The molecule has 0 spiro atoms. The second-order valence-corrected chi connectivity index (χ2v) is 6.30. The summed E-state index contributed by atoms with van der Waals surface area (Å²) in [5.74, 6) is -0.549. The van der Waals surface area contributed by atoms with Gasteiger partial charge >= 0.3 is 6.18 Å². The molecule has 0 radical (unpaired) electrons. The fourth-order valence-electron chi connectivity index (χ4n) is 2.98. The zero-order valence-corrected chi connectivity index (χ0v) is 13.8. The molecule has 1 N–H and O–H groups in total. The molecule has 0 heterocycles. The Bertz CT molecular complexity index is 766. The third-order valence-corrected chi connectivity index (χ3v) is 4.53. The van der Waals surface area contributed by atoms with Crippen molar-refractivity contribution < 1.29 is 27.1 Å². The van der Waals surface area contributed by atoms with Gasteiger partial charge in [-0.25, -0.2) is 4.39 Å². The van der Waals surface area contributed by atoms with Gasteiger partial charge in [0, 0.05) is 0 Å². The van der Waals surface area contributed by atoms with Crippen molar-refractivity contribution in [2.75, 3.05) is 6.61 Å². The largest absolute Gasteiger partial charge is 0.484 e. The van der Waals surface area contributed by atoms with E-state index in [1.165, 1.54) is 24.3 Å². The summed E-state index contributed by atoms with van der Waals surface area (Å²) in [5, 5.41) is 2.91. The first-order chi connectivity index (χ1) is 12.3. The van der Waals surface area contributed by atoms with Crippen LogP contribution in [0.15, 0.2) is 48.5 Å². The lowest BCUT2D eigenvalue weighted by Crippen LogP contribution is -2.52. The maximum atomic E-state index is 13.1. The molecule has 3 rings (SSSR count). The molecular formula is C19H17F4NO2. The monoisotopic (exact) mass is 367 g/mol. The van der Waals surface area contributed by atoms with Crippen LogP contribution >= 0.6 is 0 Å². The Morgan fingerprint density at radius 3 is 2.15 bits per heavy atom. The minimum Gasteiger partial charge on any atom is -0.484 e. The second-order valence-electron chi connectivity index (χ2n) is 6.30. The van der Waals surface area contributed by atoms with Gasteiger partial charge in [-0.3, -0.25) is 4.79 Å². The lowest BCUT2D eigenvalue weighted by atomic mass is 9.72. The standard InChI is InChI=1S/C19H17F4NO2/c20-15-6-2-13(3-7-15)18(10-1-11-18)24-17(25)12-26-16-8-4-14(5-9-16)19(21,22)23/h2-9H,1,10-12H2,(H,24,25). The molecule has 0 unspecified atom stereocenters. The Morgan fingerprint density at radius 1 is 1.04 bits per heavy atom. The predicted octanol–water partition coefficient (Wildman–Crippen LogP) is 4.42. The van der Waals surface area contributed by atoms with Gasteiger partial charge in [-0.1, -0.05) is 12.1 Å². The van der Waals surface area contributed by atoms with Crippen molar-refractivity contribution in [3.8, 4) is 5.75 Å². The van der Waals surface area contributed by atoms with Crippen LogP contribution in [0.3, 0.4) is 0 Å². The fourth-order valence-corrected chi connectivity index (χ4v) is 2.98. The van der Waals surface area contributed by atoms with Crippen LogP contribution in [0.5, 0.6) is 5.75 Å². The van der Waals surface area contributed by atoms with E-state index in [0.29, 0.717) is 0 Å². The highest BCUT2D eigenvalue weighted by Crippen LogP contribution is 2.41. The highest BCUT2D eigenvalue weighted by Gasteiger charge is 2.40. The molecule has 7 heteroatoms. The molecule has 0 saturated heterocycles. The summed E-state index contributed by atoms with van der Waals surface area (Å²) in [4.78, 5) is 12.2. The van der Waals surface area contributed by atoms with Crippen LogP contribution in [0.2, 0.25) is 0 Å². The molecule has 0 bridgehead atoms. The number of rotatable bonds is 5. The summed E-state index contributed by atoms with van der Waals surface area (Å²) in [5.41, 5.74) is -0.485. The van der Waals surface area contributed by atoms with Crippen molar-refractivity contribution in [2.45, 2.75) is 31.0 Å². The van der Waals surface area contributed by atoms with Crippen LogP contribution in [0, 0.1) is 5.82 Å². The van der Waals surface area contributed by atoms with Crippen molar-refractivity contribution in [3.63, 3.8) is 0 Å². The average molecular weight is 367 g/mol. The summed E-state index contributed by atoms with van der Waals surface area (Å²) in [7, 11) is 0. The van der Waals surface area contributed by atoms with E-state index in [1.54, 1.807) is 12.1 Å². The van der Waals surface area contributed by atoms with Crippen molar-refractivity contribution in [1.82, 2.24) is 5.32 Å². The number of hydrogen-bond donors (Lipinski definition) is 1. The SMILES string of the molecule is O=C(COc1ccc(C(F)(F)F)cc1)NC1(c2ccc(F)cc2)CCC1. The number of alkyl halides is 3. The highest BCUT2D eigenvalue weighted by atomic mass is 19.4. The minimum absolute atomic E-state index is 0.178. The van der Waals surface area contributed by atoms with Gasteiger partial charge in [-0.2, -0.15) is 13.2 Å². The van der Waals surface area contributed by atoms with E-state index >= 15 is 0 Å². The van der Waals surface area contributed by atoms with Crippen LogP contribution in [0.1, 0.15) is 30.4 Å². The molecule has 3 nitrogen and oxygen atoms in total. The number of benzene rings is 2. The summed E-state index contributed by atoms with van der Waals surface area (Å²) >= 11 is 0. The summed E-state index contributed by atoms with van der Waals surface area (Å²) < 4.78 is 55.9. The molecule has 26 heavy (non-hydrogen) atoms. The molecular weight excluding hydrogens is 350 g/mol. The van der Waals surface area contributed by atoms with E-state index in [9.17, 15) is 22.4 Å². The van der Waals surface area contributed by atoms with Gasteiger partial charge in [0.25, 0.3) is 5.91 Å². The quantitative estimate of drug-likeness (QED) is 0.795. The molecule has 1 saturated carbocycles. The van der Waals surface area contributed by atoms with Gasteiger partial charge < -0.3 is 10.1 Å². The first kappa shape index (κ1) is 18.2. The normalized spacial score (nSPS) is 15.8. The summed E-state index contributed by atoms with van der Waals surface area (Å²) in [6.07, 6.45) is -1.99. The maximum absolute atomic E-state index is 13.1. The molecule has 0 atom stereocenters. The zero-order valence-electron chi connectivity index (χ0n) is 13.8. The smallest absolute Gasteiger partial charge is 0.416 e. The van der Waals surface area contributed by atoms with Crippen LogP contribution in [0.25, 0.3) is 0 Å². The van der Waals surface area contributed by atoms with Crippen LogP contribution in [-0.4, -0.2) is 12.5 Å². The number of carbonyl (C=O) groups is 1. The summed E-state index contributed by atoms with van der Waals surface area (Å²) in [6.45, 7) is -0.311. The molecule has 0 aromatic heterocycles. The third kappa shape index (κ3) is 3.98. The van der Waals surface area contributed by atoms with E-state index in [4.69, 9.17) is 4.74 Å². The van der Waals surface area contributed by atoms with Crippen LogP contribution in [0.4, 0.5) is 17.6 Å². The minimum atomic E-state index is -4.42. The first-order valence-electron chi connectivity index (χ1n) is 8.16. The fraction of sp³-hybridized carbons (Fsp3) is 0.316. The number of nitrogens with one attached hydrogen (secondary N) is 1. The molecule has 1 fully saturated rings. The third-order valence-electron chi connectivity index (χ3n) is 4.53. The van der Waals surface area contributed by atoms with E-state index in [0.717, 1.165) is 37.0 Å². The van der Waals surface area contributed by atoms with Gasteiger partial charge in [0.1, 0.15) is 11.6 Å². The second kappa shape index (κ2) is 6.97. The molecule has 1 aliphatic carbocycles. The van der Waals surface area contributed by atoms with Gasteiger partial charge in [0.05, 0.1) is 11.1 Å². The number of carbonyl (C=O) groups excluding carboxylic acids is 1. The molecule has 1 aliphatic rings. The van der Waals surface area contributed by atoms with Crippen molar-refractivity contribution >= 4 is 5.91 Å². The molecule has 2 aromatic rings.